The first-order valence-electron chi connectivity index (χ1n) is 7.88. The summed E-state index contributed by atoms with van der Waals surface area (Å²) in [5.41, 5.74) is 0. The molecule has 0 saturated carbocycles. The summed E-state index contributed by atoms with van der Waals surface area (Å²) in [6, 6.07) is 0. The molecule has 1 unspecified atom stereocenters. The normalized spacial score (nSPS) is 17.4. The van der Waals surface area contributed by atoms with Crippen molar-refractivity contribution in [3.63, 3.8) is 0 Å². The maximum Gasteiger partial charge on any atom is 0.303 e. The molecule has 1 rings (SSSR count). The largest absolute Gasteiger partial charge is 0.481 e. The Morgan fingerprint density at radius 1 is 1.29 bits per heavy atom. The van der Waals surface area contributed by atoms with Gasteiger partial charge in [-0.2, -0.15) is 0 Å². The predicted molar refractivity (Wildman–Crippen MR) is 80.1 cm³/mol. The van der Waals surface area contributed by atoms with E-state index in [4.69, 9.17) is 9.84 Å². The lowest BCUT2D eigenvalue weighted by Gasteiger charge is -2.22. The molecule has 1 aliphatic heterocycles. The van der Waals surface area contributed by atoms with Crippen molar-refractivity contribution < 1.29 is 19.4 Å². The molecule has 6 heteroatoms. The highest BCUT2D eigenvalue weighted by atomic mass is 16.5. The number of ether oxygens (including phenoxy) is 1. The highest BCUT2D eigenvalue weighted by Gasteiger charge is 2.13. The standard InChI is InChI=1S/C15H28N2O4/c1-12(2-3-15(19)20)4-10-17-14(18)7-11-21-13-5-8-16-9-6-13/h12-13,16H,2-11H2,1H3,(H,17,18)(H,19,20). The lowest BCUT2D eigenvalue weighted by atomic mass is 10.0. The van der Waals surface area contributed by atoms with Crippen molar-refractivity contribution >= 4 is 11.9 Å². The molecule has 21 heavy (non-hydrogen) atoms. The van der Waals surface area contributed by atoms with Gasteiger partial charge in [0.25, 0.3) is 0 Å². The van der Waals surface area contributed by atoms with Crippen molar-refractivity contribution in [2.75, 3.05) is 26.2 Å². The number of amides is 1. The van der Waals surface area contributed by atoms with Gasteiger partial charge in [-0.25, -0.2) is 0 Å². The Balaban J connectivity index is 1.96. The maximum atomic E-state index is 11.6. The summed E-state index contributed by atoms with van der Waals surface area (Å²) in [5.74, 6) is -0.442. The number of carbonyl (C=O) groups excluding carboxylic acids is 1. The molecule has 1 heterocycles. The van der Waals surface area contributed by atoms with Crippen LogP contribution in [0.3, 0.4) is 0 Å². The number of carbonyl (C=O) groups is 2. The van der Waals surface area contributed by atoms with Gasteiger partial charge >= 0.3 is 5.97 Å². The predicted octanol–water partition coefficient (Wildman–Crippen LogP) is 1.15. The topological polar surface area (TPSA) is 87.7 Å². The van der Waals surface area contributed by atoms with Gasteiger partial charge in [-0.15, -0.1) is 0 Å². The van der Waals surface area contributed by atoms with E-state index in [0.717, 1.165) is 32.4 Å². The Bertz CT molecular complexity index is 317. The summed E-state index contributed by atoms with van der Waals surface area (Å²) in [6.07, 6.45) is 4.38. The highest BCUT2D eigenvalue weighted by Crippen LogP contribution is 2.09. The molecule has 122 valence electrons. The molecule has 1 amide bonds. The number of piperidine rings is 1. The second-order valence-corrected chi connectivity index (χ2v) is 5.75. The molecule has 0 bridgehead atoms. The SMILES string of the molecule is CC(CCNC(=O)CCOC1CCNCC1)CCC(=O)O. The molecule has 1 atom stereocenters. The van der Waals surface area contributed by atoms with Gasteiger partial charge in [-0.3, -0.25) is 9.59 Å². The average molecular weight is 300 g/mol. The number of aliphatic carboxylic acids is 1. The van der Waals surface area contributed by atoms with E-state index in [1.165, 1.54) is 0 Å². The summed E-state index contributed by atoms with van der Waals surface area (Å²) in [5, 5.41) is 14.7. The van der Waals surface area contributed by atoms with E-state index >= 15 is 0 Å². The third-order valence-electron chi connectivity index (χ3n) is 3.78. The lowest BCUT2D eigenvalue weighted by molar-refractivity contribution is -0.137. The van der Waals surface area contributed by atoms with Crippen LogP contribution in [0.5, 0.6) is 0 Å². The second-order valence-electron chi connectivity index (χ2n) is 5.75. The molecule has 0 aromatic rings. The second kappa shape index (κ2) is 10.6. The monoisotopic (exact) mass is 300 g/mol. The smallest absolute Gasteiger partial charge is 0.303 e. The molecule has 0 aromatic heterocycles. The van der Waals surface area contributed by atoms with Crippen LogP contribution in [0.2, 0.25) is 0 Å². The molecule has 1 fully saturated rings. The quantitative estimate of drug-likeness (QED) is 0.563. The van der Waals surface area contributed by atoms with Gasteiger partial charge in [0.05, 0.1) is 12.7 Å². The lowest BCUT2D eigenvalue weighted by Crippen LogP contribution is -2.33. The van der Waals surface area contributed by atoms with Crippen molar-refractivity contribution in [2.45, 2.75) is 51.6 Å². The van der Waals surface area contributed by atoms with Gasteiger partial charge in [0, 0.05) is 19.4 Å². The number of carboxylic acid groups (broad SMARTS) is 1. The molecule has 0 spiro atoms. The summed E-state index contributed by atoms with van der Waals surface area (Å²) >= 11 is 0. The van der Waals surface area contributed by atoms with Crippen LogP contribution in [-0.2, 0) is 14.3 Å². The van der Waals surface area contributed by atoms with Gasteiger partial charge in [-0.1, -0.05) is 6.92 Å². The number of nitrogens with one attached hydrogen (secondary N) is 2. The van der Waals surface area contributed by atoms with E-state index in [1.807, 2.05) is 6.92 Å². The molecule has 1 saturated heterocycles. The Labute approximate surface area is 126 Å². The van der Waals surface area contributed by atoms with Crippen LogP contribution in [0.15, 0.2) is 0 Å². The van der Waals surface area contributed by atoms with E-state index in [9.17, 15) is 9.59 Å². The average Bonchev–Trinajstić information content (AvgIpc) is 2.46. The van der Waals surface area contributed by atoms with Crippen molar-refractivity contribution in [1.82, 2.24) is 10.6 Å². The van der Waals surface area contributed by atoms with Gasteiger partial charge in [0.15, 0.2) is 0 Å². The number of hydrogen-bond acceptors (Lipinski definition) is 4. The Kier molecular flexibility index (Phi) is 9.01. The van der Waals surface area contributed by atoms with Gasteiger partial charge < -0.3 is 20.5 Å². The minimum absolute atomic E-state index is 0.00868. The van der Waals surface area contributed by atoms with E-state index in [2.05, 4.69) is 10.6 Å². The Morgan fingerprint density at radius 3 is 2.67 bits per heavy atom. The van der Waals surface area contributed by atoms with Crippen molar-refractivity contribution in [1.29, 1.82) is 0 Å². The van der Waals surface area contributed by atoms with Crippen molar-refractivity contribution in [2.24, 2.45) is 5.92 Å². The minimum Gasteiger partial charge on any atom is -0.481 e. The third-order valence-corrected chi connectivity index (χ3v) is 3.78. The fourth-order valence-electron chi connectivity index (χ4n) is 2.34. The van der Waals surface area contributed by atoms with Crippen molar-refractivity contribution in [3.05, 3.63) is 0 Å². The number of rotatable bonds is 10. The molecular formula is C15H28N2O4. The van der Waals surface area contributed by atoms with Crippen LogP contribution >= 0.6 is 0 Å². The van der Waals surface area contributed by atoms with Crippen LogP contribution in [0.25, 0.3) is 0 Å². The third kappa shape index (κ3) is 9.42. The number of carboxylic acids is 1. The van der Waals surface area contributed by atoms with Crippen LogP contribution in [-0.4, -0.2) is 49.3 Å². The van der Waals surface area contributed by atoms with E-state index in [-0.39, 0.29) is 18.4 Å². The first kappa shape index (κ1) is 17.9. The molecule has 1 aliphatic rings. The summed E-state index contributed by atoms with van der Waals surface area (Å²) in [6.45, 7) is 5.07. The zero-order valence-corrected chi connectivity index (χ0v) is 12.9. The molecule has 3 N–H and O–H groups in total. The summed E-state index contributed by atoms with van der Waals surface area (Å²) < 4.78 is 5.68. The van der Waals surface area contributed by atoms with E-state index in [1.54, 1.807) is 0 Å². The van der Waals surface area contributed by atoms with Crippen LogP contribution in [0.1, 0.15) is 45.4 Å². The molecule has 0 aromatic carbocycles. The summed E-state index contributed by atoms with van der Waals surface area (Å²) in [7, 11) is 0. The number of hydrogen-bond donors (Lipinski definition) is 3. The van der Waals surface area contributed by atoms with E-state index < -0.39 is 5.97 Å². The van der Waals surface area contributed by atoms with Gasteiger partial charge in [-0.05, 0) is 44.7 Å². The zero-order valence-electron chi connectivity index (χ0n) is 12.9. The zero-order chi connectivity index (χ0) is 15.5. The Hall–Kier alpha value is -1.14. The molecular weight excluding hydrogens is 272 g/mol. The first-order chi connectivity index (χ1) is 10.1. The first-order valence-corrected chi connectivity index (χ1v) is 7.88. The highest BCUT2D eigenvalue weighted by molar-refractivity contribution is 5.75. The van der Waals surface area contributed by atoms with Crippen LogP contribution < -0.4 is 10.6 Å². The van der Waals surface area contributed by atoms with E-state index in [0.29, 0.717) is 31.9 Å². The maximum absolute atomic E-state index is 11.6. The Morgan fingerprint density at radius 2 is 2.00 bits per heavy atom. The fraction of sp³-hybridized carbons (Fsp3) is 0.867. The van der Waals surface area contributed by atoms with Crippen molar-refractivity contribution in [3.8, 4) is 0 Å². The van der Waals surface area contributed by atoms with Gasteiger partial charge in [0.1, 0.15) is 0 Å². The fourth-order valence-corrected chi connectivity index (χ4v) is 2.34. The van der Waals surface area contributed by atoms with Gasteiger partial charge in [0.2, 0.25) is 5.91 Å². The molecule has 0 radical (unpaired) electrons. The van der Waals surface area contributed by atoms with Crippen LogP contribution in [0.4, 0.5) is 0 Å². The molecule has 6 nitrogen and oxygen atoms in total. The minimum atomic E-state index is -0.763. The molecule has 0 aliphatic carbocycles. The summed E-state index contributed by atoms with van der Waals surface area (Å²) in [4.78, 5) is 22.1. The van der Waals surface area contributed by atoms with Crippen LogP contribution in [0, 0.1) is 5.92 Å².